The zero-order valence-electron chi connectivity index (χ0n) is 11.0. The van der Waals surface area contributed by atoms with Crippen LogP contribution in [0.1, 0.15) is 6.92 Å². The van der Waals surface area contributed by atoms with E-state index in [0.29, 0.717) is 11.1 Å². The maximum absolute atomic E-state index is 11.0. The number of nitro benzene ring substituents is 2. The van der Waals surface area contributed by atoms with Gasteiger partial charge in [-0.05, 0) is 6.92 Å². The van der Waals surface area contributed by atoms with Crippen LogP contribution in [0.4, 0.5) is 22.7 Å². The van der Waals surface area contributed by atoms with Crippen LogP contribution in [0.5, 0.6) is 0 Å². The van der Waals surface area contributed by atoms with Crippen LogP contribution >= 0.6 is 0 Å². The molecule has 0 aliphatic rings. The minimum Gasteiger partial charge on any atom is -0.258 e. The zero-order chi connectivity index (χ0) is 16.2. The van der Waals surface area contributed by atoms with Gasteiger partial charge in [-0.2, -0.15) is 0 Å². The molecule has 0 aliphatic carbocycles. The van der Waals surface area contributed by atoms with Gasteiger partial charge in [0.05, 0.1) is 26.5 Å². The van der Waals surface area contributed by atoms with E-state index in [0.717, 1.165) is 18.1 Å². The summed E-state index contributed by atoms with van der Waals surface area (Å²) in [6.45, 7) is 1.51. The molecule has 112 valence electrons. The molecule has 21 heavy (non-hydrogen) atoms. The summed E-state index contributed by atoms with van der Waals surface area (Å²) < 4.78 is 0. The van der Waals surface area contributed by atoms with Crippen molar-refractivity contribution in [1.82, 2.24) is 0 Å². The van der Waals surface area contributed by atoms with Gasteiger partial charge in [0.15, 0.2) is 0 Å². The first-order valence-corrected chi connectivity index (χ1v) is 5.52. The second-order valence-electron chi connectivity index (χ2n) is 3.75. The molecule has 12 nitrogen and oxygen atoms in total. The summed E-state index contributed by atoms with van der Waals surface area (Å²) in [7, 11) is 1.13. The third-order valence-electron chi connectivity index (χ3n) is 2.61. The molecule has 1 aromatic carbocycles. The van der Waals surface area contributed by atoms with Crippen LogP contribution in [-0.2, 0) is 0 Å². The number of rotatable bonds is 7. The quantitative estimate of drug-likeness (QED) is 0.421. The van der Waals surface area contributed by atoms with Crippen LogP contribution in [0, 0.1) is 30.0 Å². The molecule has 0 N–H and O–H groups in total. The van der Waals surface area contributed by atoms with Gasteiger partial charge in [0.1, 0.15) is 11.4 Å². The van der Waals surface area contributed by atoms with E-state index in [2.05, 4.69) is 10.6 Å². The predicted molar refractivity (Wildman–Crippen MR) is 72.8 cm³/mol. The van der Waals surface area contributed by atoms with Crippen molar-refractivity contribution in [2.45, 2.75) is 6.92 Å². The second kappa shape index (κ2) is 6.31. The van der Waals surface area contributed by atoms with Crippen molar-refractivity contribution in [1.29, 1.82) is 0 Å². The smallest absolute Gasteiger partial charge is 0.258 e. The maximum Gasteiger partial charge on any atom is 0.301 e. The summed E-state index contributed by atoms with van der Waals surface area (Å²) in [6, 6.07) is 1.60. The Bertz CT molecular complexity index is 605. The summed E-state index contributed by atoms with van der Waals surface area (Å²) in [5, 5.41) is 28.4. The number of nitrogens with zero attached hydrogens (tertiary/aromatic N) is 6. The Hall–Kier alpha value is -3.18. The number of hydrogen-bond donors (Lipinski definition) is 0. The number of anilines is 2. The highest BCUT2D eigenvalue weighted by atomic mass is 16.6. The van der Waals surface area contributed by atoms with E-state index >= 15 is 0 Å². The fourth-order valence-corrected chi connectivity index (χ4v) is 1.63. The van der Waals surface area contributed by atoms with Crippen LogP contribution in [-0.4, -0.2) is 23.4 Å². The molecule has 0 spiro atoms. The fourth-order valence-electron chi connectivity index (χ4n) is 1.63. The maximum atomic E-state index is 11.0. The molecule has 0 heterocycles. The Balaban J connectivity index is 3.69. The molecule has 0 bridgehead atoms. The van der Waals surface area contributed by atoms with Gasteiger partial charge in [0.25, 0.3) is 0 Å². The van der Waals surface area contributed by atoms with E-state index in [1.54, 1.807) is 0 Å². The van der Waals surface area contributed by atoms with Gasteiger partial charge in [-0.15, -0.1) is 9.81 Å². The number of nitroso groups, excluding NO2 is 2. The van der Waals surface area contributed by atoms with Crippen LogP contribution in [0.15, 0.2) is 22.7 Å². The van der Waals surface area contributed by atoms with Crippen molar-refractivity contribution in [2.75, 3.05) is 23.6 Å². The molecule has 0 saturated carbocycles. The highest BCUT2D eigenvalue weighted by Crippen LogP contribution is 2.39. The minimum atomic E-state index is -0.890. The lowest BCUT2D eigenvalue weighted by Crippen LogP contribution is -2.17. The Morgan fingerprint density at radius 1 is 1.05 bits per heavy atom. The SMILES string of the molecule is CCN(N=O)c1cc(N(C)N=O)c([N+](=O)[O-])cc1[N+](=O)[O-]. The van der Waals surface area contributed by atoms with Crippen molar-refractivity contribution >= 4 is 22.7 Å². The molecule has 12 heteroatoms. The molecule has 0 saturated heterocycles. The van der Waals surface area contributed by atoms with Crippen LogP contribution in [0.25, 0.3) is 0 Å². The summed E-state index contributed by atoms with van der Waals surface area (Å²) >= 11 is 0. The minimum absolute atomic E-state index is 0.000176. The Morgan fingerprint density at radius 2 is 1.57 bits per heavy atom. The molecule has 0 unspecified atom stereocenters. The van der Waals surface area contributed by atoms with E-state index in [1.165, 1.54) is 6.92 Å². The first kappa shape index (κ1) is 15.9. The number of nitro groups is 2. The molecule has 0 fully saturated rings. The van der Waals surface area contributed by atoms with Gasteiger partial charge in [-0.3, -0.25) is 20.2 Å². The highest BCUT2D eigenvalue weighted by Gasteiger charge is 2.29. The fraction of sp³-hybridized carbons (Fsp3) is 0.333. The molecule has 0 atom stereocenters. The number of hydrogen-bond acceptors (Lipinski definition) is 8. The average molecular weight is 298 g/mol. The summed E-state index contributed by atoms with van der Waals surface area (Å²) in [6.07, 6.45) is 0. The Morgan fingerprint density at radius 3 is 1.95 bits per heavy atom. The lowest BCUT2D eigenvalue weighted by Gasteiger charge is -2.16. The zero-order valence-corrected chi connectivity index (χ0v) is 11.0. The van der Waals surface area contributed by atoms with E-state index < -0.39 is 21.2 Å². The molecule has 0 aromatic heterocycles. The van der Waals surface area contributed by atoms with E-state index in [1.807, 2.05) is 0 Å². The first-order chi connectivity index (χ1) is 9.87. The molecule has 0 aliphatic heterocycles. The van der Waals surface area contributed by atoms with Gasteiger partial charge in [-0.25, -0.2) is 10.0 Å². The molecule has 0 amide bonds. The molecule has 1 aromatic rings. The summed E-state index contributed by atoms with van der Waals surface area (Å²) in [4.78, 5) is 41.4. The predicted octanol–water partition coefficient (Wildman–Crippen LogP) is 2.13. The number of benzene rings is 1. The van der Waals surface area contributed by atoms with E-state index in [-0.39, 0.29) is 17.9 Å². The van der Waals surface area contributed by atoms with Crippen LogP contribution in [0.3, 0.4) is 0 Å². The van der Waals surface area contributed by atoms with Crippen molar-refractivity contribution in [3.05, 3.63) is 42.2 Å². The summed E-state index contributed by atoms with van der Waals surface area (Å²) in [5.74, 6) is 0. The van der Waals surface area contributed by atoms with Crippen molar-refractivity contribution in [2.24, 2.45) is 10.6 Å². The molecule has 0 radical (unpaired) electrons. The highest BCUT2D eigenvalue weighted by molar-refractivity contribution is 5.77. The van der Waals surface area contributed by atoms with Gasteiger partial charge < -0.3 is 0 Å². The van der Waals surface area contributed by atoms with Crippen molar-refractivity contribution in [3.8, 4) is 0 Å². The normalized spacial score (nSPS) is 9.81. The monoisotopic (exact) mass is 298 g/mol. The van der Waals surface area contributed by atoms with Gasteiger partial charge in [0, 0.05) is 19.7 Å². The Labute approximate surface area is 117 Å². The summed E-state index contributed by atoms with van der Waals surface area (Å²) in [5.41, 5.74) is -1.92. The van der Waals surface area contributed by atoms with Gasteiger partial charge in [-0.1, -0.05) is 0 Å². The molecular weight excluding hydrogens is 288 g/mol. The average Bonchev–Trinajstić information content (AvgIpc) is 2.46. The second-order valence-corrected chi connectivity index (χ2v) is 3.75. The van der Waals surface area contributed by atoms with Crippen LogP contribution in [0.2, 0.25) is 0 Å². The van der Waals surface area contributed by atoms with Crippen molar-refractivity contribution < 1.29 is 9.85 Å². The molecule has 1 rings (SSSR count). The van der Waals surface area contributed by atoms with E-state index in [9.17, 15) is 30.0 Å². The standard InChI is InChI=1S/C9H10N6O6/c1-3-13(11-17)7-4-6(12(2)10-16)8(14(18)19)5-9(7)15(20)21/h4-5H,3H2,1-2H3. The van der Waals surface area contributed by atoms with Crippen LogP contribution < -0.4 is 10.0 Å². The largest absolute Gasteiger partial charge is 0.301 e. The lowest BCUT2D eigenvalue weighted by molar-refractivity contribution is -0.393. The first-order valence-electron chi connectivity index (χ1n) is 5.52. The van der Waals surface area contributed by atoms with Gasteiger partial charge >= 0.3 is 11.4 Å². The third-order valence-corrected chi connectivity index (χ3v) is 2.61. The lowest BCUT2D eigenvalue weighted by atomic mass is 10.2. The van der Waals surface area contributed by atoms with Gasteiger partial charge in [0.2, 0.25) is 0 Å². The molecular formula is C9H10N6O6. The van der Waals surface area contributed by atoms with E-state index in [4.69, 9.17) is 0 Å². The third kappa shape index (κ3) is 3.05. The van der Waals surface area contributed by atoms with Crippen molar-refractivity contribution in [3.63, 3.8) is 0 Å². The Kier molecular flexibility index (Phi) is 4.77. The topological polar surface area (TPSA) is 152 Å².